The van der Waals surface area contributed by atoms with Crippen molar-refractivity contribution in [2.45, 2.75) is 13.0 Å². The summed E-state index contributed by atoms with van der Waals surface area (Å²) in [7, 11) is -3.48. The number of rotatable bonds is 6. The van der Waals surface area contributed by atoms with Gasteiger partial charge in [0.1, 0.15) is 12.1 Å². The summed E-state index contributed by atoms with van der Waals surface area (Å²) < 4.78 is 25.6. The van der Waals surface area contributed by atoms with Gasteiger partial charge in [0.25, 0.3) is 0 Å². The van der Waals surface area contributed by atoms with Gasteiger partial charge < -0.3 is 5.32 Å². The van der Waals surface area contributed by atoms with Crippen molar-refractivity contribution in [2.75, 3.05) is 16.3 Å². The lowest BCUT2D eigenvalue weighted by Crippen LogP contribution is -2.10. The highest BCUT2D eigenvalue weighted by Gasteiger charge is 2.13. The molecule has 31 heavy (non-hydrogen) atoms. The van der Waals surface area contributed by atoms with Gasteiger partial charge in [0.15, 0.2) is 5.15 Å². The smallest absolute Gasteiger partial charge is 0.229 e. The van der Waals surface area contributed by atoms with Crippen molar-refractivity contribution >= 4 is 44.0 Å². The number of aromatic nitrogens is 3. The van der Waals surface area contributed by atoms with Crippen LogP contribution in [0.5, 0.6) is 0 Å². The Morgan fingerprint density at radius 2 is 1.74 bits per heavy atom. The predicted octanol–water partition coefficient (Wildman–Crippen LogP) is 4.89. The molecule has 2 N–H and O–H groups in total. The summed E-state index contributed by atoms with van der Waals surface area (Å²) in [6.45, 7) is 2.07. The van der Waals surface area contributed by atoms with E-state index in [4.69, 9.17) is 11.6 Å². The van der Waals surface area contributed by atoms with Crippen LogP contribution in [-0.2, 0) is 10.0 Å². The van der Waals surface area contributed by atoms with Crippen molar-refractivity contribution in [1.29, 1.82) is 0 Å². The van der Waals surface area contributed by atoms with E-state index < -0.39 is 10.0 Å². The van der Waals surface area contributed by atoms with Crippen LogP contribution in [0, 0.1) is 0 Å². The zero-order valence-electron chi connectivity index (χ0n) is 16.9. The highest BCUT2D eigenvalue weighted by molar-refractivity contribution is 7.92. The maximum atomic E-state index is 11.6. The maximum absolute atomic E-state index is 11.6. The van der Waals surface area contributed by atoms with Crippen molar-refractivity contribution in [3.05, 3.63) is 77.8 Å². The molecule has 0 radical (unpaired) electrons. The van der Waals surface area contributed by atoms with Crippen LogP contribution in [-0.4, -0.2) is 29.6 Å². The van der Waals surface area contributed by atoms with E-state index in [0.717, 1.165) is 28.3 Å². The number of halogens is 1. The first kappa shape index (κ1) is 21.0. The number of hydrogen-bond acceptors (Lipinski definition) is 6. The third kappa shape index (κ3) is 4.92. The molecule has 0 spiro atoms. The average molecular weight is 454 g/mol. The van der Waals surface area contributed by atoms with Crippen molar-refractivity contribution in [2.24, 2.45) is 0 Å². The average Bonchev–Trinajstić information content (AvgIpc) is 2.75. The zero-order valence-corrected chi connectivity index (χ0v) is 18.4. The van der Waals surface area contributed by atoms with Gasteiger partial charge in [-0.3, -0.25) is 4.72 Å². The third-order valence-corrected chi connectivity index (χ3v) is 5.65. The van der Waals surface area contributed by atoms with E-state index in [1.54, 1.807) is 12.3 Å². The van der Waals surface area contributed by atoms with E-state index in [-0.39, 0.29) is 16.9 Å². The maximum Gasteiger partial charge on any atom is 0.229 e. The van der Waals surface area contributed by atoms with Gasteiger partial charge in [0.05, 0.1) is 17.5 Å². The molecule has 9 heteroatoms. The molecule has 2 heterocycles. The Bertz CT molecular complexity index is 1350. The summed E-state index contributed by atoms with van der Waals surface area (Å²) in [4.78, 5) is 12.9. The van der Waals surface area contributed by atoms with Gasteiger partial charge >= 0.3 is 0 Å². The molecule has 158 valence electrons. The Kier molecular flexibility index (Phi) is 5.75. The summed E-state index contributed by atoms with van der Waals surface area (Å²) in [6, 6.07) is 17.5. The van der Waals surface area contributed by atoms with Crippen LogP contribution in [0.1, 0.15) is 18.5 Å². The fourth-order valence-corrected chi connectivity index (χ4v) is 4.02. The number of nitrogens with one attached hydrogen (secondary N) is 2. The van der Waals surface area contributed by atoms with Crippen molar-refractivity contribution in [3.8, 4) is 11.1 Å². The van der Waals surface area contributed by atoms with Gasteiger partial charge in [-0.1, -0.05) is 48.0 Å². The topological polar surface area (TPSA) is 96.9 Å². The summed E-state index contributed by atoms with van der Waals surface area (Å²) in [5.41, 5.74) is 3.70. The molecule has 0 unspecified atom stereocenters. The SMILES string of the molecule is C[C@@H](Nc1ncnc2ccc(-c3cnc(Cl)c(NS(C)(=O)=O)c3)cc12)c1ccccc1. The van der Waals surface area contributed by atoms with E-state index in [9.17, 15) is 8.42 Å². The molecular formula is C22H20ClN5O2S. The van der Waals surface area contributed by atoms with Gasteiger partial charge in [0.2, 0.25) is 10.0 Å². The number of benzene rings is 2. The number of fused-ring (bicyclic) bond motifs is 1. The van der Waals surface area contributed by atoms with Crippen LogP contribution in [0.2, 0.25) is 5.15 Å². The molecule has 2 aromatic heterocycles. The van der Waals surface area contributed by atoms with Crippen molar-refractivity contribution in [3.63, 3.8) is 0 Å². The number of anilines is 2. The predicted molar refractivity (Wildman–Crippen MR) is 125 cm³/mol. The minimum atomic E-state index is -3.48. The minimum Gasteiger partial charge on any atom is -0.363 e. The Morgan fingerprint density at radius 3 is 2.48 bits per heavy atom. The van der Waals surface area contributed by atoms with E-state index >= 15 is 0 Å². The van der Waals surface area contributed by atoms with E-state index in [1.807, 2.05) is 36.4 Å². The van der Waals surface area contributed by atoms with E-state index in [2.05, 4.69) is 44.0 Å². The standard InChI is InChI=1S/C22H20ClN5O2S/c1-14(15-6-4-3-5-7-15)27-22-18-10-16(8-9-19(18)25-13-26-22)17-11-20(21(23)24-12-17)28-31(2,29)30/h3-14,28H,1-2H3,(H,25,26,27)/t14-/m1/s1. The lowest BCUT2D eigenvalue weighted by molar-refractivity contribution is 0.607. The number of nitrogens with zero attached hydrogens (tertiary/aromatic N) is 3. The van der Waals surface area contributed by atoms with Crippen LogP contribution >= 0.6 is 11.6 Å². The molecule has 1 atom stereocenters. The fourth-order valence-electron chi connectivity index (χ4n) is 3.26. The summed E-state index contributed by atoms with van der Waals surface area (Å²) in [5.74, 6) is 0.708. The largest absolute Gasteiger partial charge is 0.363 e. The summed E-state index contributed by atoms with van der Waals surface area (Å²) >= 11 is 6.06. The molecule has 4 aromatic rings. The molecule has 0 saturated carbocycles. The van der Waals surface area contributed by atoms with Crippen LogP contribution in [0.15, 0.2) is 67.1 Å². The monoisotopic (exact) mass is 453 g/mol. The normalized spacial score (nSPS) is 12.5. The zero-order chi connectivity index (χ0) is 22.0. The molecule has 0 bridgehead atoms. The van der Waals surface area contributed by atoms with Crippen LogP contribution in [0.3, 0.4) is 0 Å². The molecule has 2 aromatic carbocycles. The second-order valence-corrected chi connectivity index (χ2v) is 9.27. The number of hydrogen-bond donors (Lipinski definition) is 2. The Hall–Kier alpha value is -3.23. The van der Waals surface area contributed by atoms with Gasteiger partial charge in [0, 0.05) is 23.2 Å². The van der Waals surface area contributed by atoms with Crippen LogP contribution < -0.4 is 10.0 Å². The molecule has 4 rings (SSSR count). The van der Waals surface area contributed by atoms with Gasteiger partial charge in [-0.2, -0.15) is 0 Å². The first-order valence-corrected chi connectivity index (χ1v) is 11.8. The molecule has 0 aliphatic rings. The molecule has 0 saturated heterocycles. The van der Waals surface area contributed by atoms with Crippen molar-refractivity contribution in [1.82, 2.24) is 15.0 Å². The summed E-state index contributed by atoms with van der Waals surface area (Å²) in [6.07, 6.45) is 4.19. The number of sulfonamides is 1. The molecule has 0 amide bonds. The lowest BCUT2D eigenvalue weighted by Gasteiger charge is -2.16. The van der Waals surface area contributed by atoms with Gasteiger partial charge in [-0.25, -0.2) is 23.4 Å². The molecular weight excluding hydrogens is 434 g/mol. The number of pyridine rings is 1. The van der Waals surface area contributed by atoms with Gasteiger partial charge in [-0.05, 0) is 36.2 Å². The minimum absolute atomic E-state index is 0.0470. The highest BCUT2D eigenvalue weighted by Crippen LogP contribution is 2.31. The Morgan fingerprint density at radius 1 is 0.968 bits per heavy atom. The van der Waals surface area contributed by atoms with Crippen LogP contribution in [0.25, 0.3) is 22.0 Å². The highest BCUT2D eigenvalue weighted by atomic mass is 35.5. The first-order valence-electron chi connectivity index (χ1n) is 9.50. The van der Waals surface area contributed by atoms with Crippen LogP contribution in [0.4, 0.5) is 11.5 Å². The molecule has 0 aliphatic carbocycles. The third-order valence-electron chi connectivity index (χ3n) is 4.76. The fraction of sp³-hybridized carbons (Fsp3) is 0.136. The second kappa shape index (κ2) is 8.49. The van der Waals surface area contributed by atoms with E-state index in [1.165, 1.54) is 6.33 Å². The molecule has 0 fully saturated rings. The Labute approximate surface area is 185 Å². The molecule has 7 nitrogen and oxygen atoms in total. The lowest BCUT2D eigenvalue weighted by atomic mass is 10.0. The summed E-state index contributed by atoms with van der Waals surface area (Å²) in [5, 5.41) is 4.38. The quantitative estimate of drug-likeness (QED) is 0.403. The Balaban J connectivity index is 1.73. The first-order chi connectivity index (χ1) is 14.8. The second-order valence-electron chi connectivity index (χ2n) is 7.17. The van der Waals surface area contributed by atoms with Gasteiger partial charge in [-0.15, -0.1) is 0 Å². The van der Waals surface area contributed by atoms with E-state index in [0.29, 0.717) is 11.4 Å². The molecule has 0 aliphatic heterocycles. The van der Waals surface area contributed by atoms with Crippen molar-refractivity contribution < 1.29 is 8.42 Å².